The summed E-state index contributed by atoms with van der Waals surface area (Å²) in [6.07, 6.45) is 18.3. The molecule has 5 nitrogen and oxygen atoms in total. The first-order chi connectivity index (χ1) is 21.9. The first-order valence-corrected chi connectivity index (χ1v) is 19.9. The number of carbonyl (C=O) groups is 1. The molecule has 0 saturated carbocycles. The van der Waals surface area contributed by atoms with Gasteiger partial charge in [0.25, 0.3) is 8.32 Å². The molecular weight excluding hydrogens is 587 g/mol. The van der Waals surface area contributed by atoms with Crippen LogP contribution in [0.3, 0.4) is 0 Å². The molecule has 0 spiro atoms. The highest BCUT2D eigenvalue weighted by atomic mass is 28.4. The fourth-order valence-corrected chi connectivity index (χ4v) is 10.8. The summed E-state index contributed by atoms with van der Waals surface area (Å²) in [7, 11) is -2.73. The van der Waals surface area contributed by atoms with Crippen molar-refractivity contribution in [1.29, 1.82) is 0 Å². The Hall–Kier alpha value is -2.41. The van der Waals surface area contributed by atoms with Crippen LogP contribution in [0.15, 0.2) is 72.8 Å². The molecular formula is C40H65NO4Si. The summed E-state index contributed by atoms with van der Waals surface area (Å²) in [5.41, 5.74) is -0.629. The maximum atomic E-state index is 12.8. The van der Waals surface area contributed by atoms with Gasteiger partial charge >= 0.3 is 6.09 Å². The van der Waals surface area contributed by atoms with Crippen LogP contribution in [-0.2, 0) is 9.16 Å². The molecule has 0 radical (unpaired) electrons. The summed E-state index contributed by atoms with van der Waals surface area (Å²) in [4.78, 5) is 12.8. The van der Waals surface area contributed by atoms with Crippen molar-refractivity contribution < 1.29 is 19.1 Å². The van der Waals surface area contributed by atoms with Gasteiger partial charge < -0.3 is 19.6 Å². The number of benzene rings is 2. The molecule has 1 amide bonds. The molecule has 0 aliphatic rings. The quantitative estimate of drug-likeness (QED) is 0.0802. The van der Waals surface area contributed by atoms with Gasteiger partial charge in [-0.15, -0.1) is 0 Å². The monoisotopic (exact) mass is 651 g/mol. The number of nitrogens with one attached hydrogen (secondary N) is 1. The molecule has 2 N–H and O–H groups in total. The second kappa shape index (κ2) is 20.7. The standard InChI is InChI=1S/C40H65NO4Si/c1-8-9-10-11-12-13-14-15-16-17-18-19-26-31-37(42)36(41-38(43)45-39(2,3)4)32-33-44-46(40(5,6)7,34-27-22-20-23-28-34)35-29-24-21-25-30-35/h20-31,36-37,42H,8-19,32-33H2,1-7H3,(H,41,43)/b31-26+/t36-,37?/m0/s1. The van der Waals surface area contributed by atoms with Gasteiger partial charge in [-0.05, 0) is 55.4 Å². The van der Waals surface area contributed by atoms with Gasteiger partial charge in [0.05, 0.1) is 12.1 Å². The van der Waals surface area contributed by atoms with Crippen LogP contribution in [0, 0.1) is 0 Å². The molecule has 0 bridgehead atoms. The van der Waals surface area contributed by atoms with Gasteiger partial charge in [0.15, 0.2) is 0 Å². The smallest absolute Gasteiger partial charge is 0.407 e. The van der Waals surface area contributed by atoms with E-state index in [9.17, 15) is 9.90 Å². The molecule has 46 heavy (non-hydrogen) atoms. The minimum Gasteiger partial charge on any atom is -0.444 e. The maximum Gasteiger partial charge on any atom is 0.407 e. The number of allylic oxidation sites excluding steroid dienone is 1. The van der Waals surface area contributed by atoms with Crippen LogP contribution in [0.4, 0.5) is 4.79 Å². The molecule has 6 heteroatoms. The Balaban J connectivity index is 2.03. The molecule has 2 atom stereocenters. The number of rotatable bonds is 21. The molecule has 0 aliphatic carbocycles. The molecule has 0 heterocycles. The van der Waals surface area contributed by atoms with Crippen molar-refractivity contribution >= 4 is 24.8 Å². The van der Waals surface area contributed by atoms with Crippen LogP contribution in [0.1, 0.15) is 132 Å². The highest BCUT2D eigenvalue weighted by Gasteiger charge is 2.50. The topological polar surface area (TPSA) is 67.8 Å². The minimum absolute atomic E-state index is 0.156. The summed E-state index contributed by atoms with van der Waals surface area (Å²) < 4.78 is 12.6. The van der Waals surface area contributed by atoms with Crippen LogP contribution < -0.4 is 15.7 Å². The lowest BCUT2D eigenvalue weighted by atomic mass is 10.0. The van der Waals surface area contributed by atoms with Crippen molar-refractivity contribution in [1.82, 2.24) is 5.32 Å². The SMILES string of the molecule is CCCCCCCCCCCCC/C=C/C(O)[C@H](CCO[Si](c1ccccc1)(c1ccccc1)C(C)(C)C)NC(=O)OC(C)(C)C. The second-order valence-electron chi connectivity index (χ2n) is 14.8. The van der Waals surface area contributed by atoms with Crippen LogP contribution in [0.2, 0.25) is 5.04 Å². The highest BCUT2D eigenvalue weighted by molar-refractivity contribution is 6.99. The molecule has 1 unspecified atom stereocenters. The number of hydrogen-bond acceptors (Lipinski definition) is 4. The molecule has 2 aromatic rings. The van der Waals surface area contributed by atoms with E-state index in [1.54, 1.807) is 0 Å². The Kier molecular flexibility index (Phi) is 17.9. The lowest BCUT2D eigenvalue weighted by molar-refractivity contribution is 0.0440. The lowest BCUT2D eigenvalue weighted by Gasteiger charge is -2.43. The third kappa shape index (κ3) is 14.1. The van der Waals surface area contributed by atoms with E-state index in [1.807, 2.05) is 39.0 Å². The molecule has 0 aliphatic heterocycles. The molecule has 2 aromatic carbocycles. The zero-order valence-electron chi connectivity index (χ0n) is 30.2. The molecule has 258 valence electrons. The number of unbranched alkanes of at least 4 members (excludes halogenated alkanes) is 11. The van der Waals surface area contributed by atoms with E-state index in [2.05, 4.69) is 87.6 Å². The average Bonchev–Trinajstić information content (AvgIpc) is 3.00. The first-order valence-electron chi connectivity index (χ1n) is 18.0. The summed E-state index contributed by atoms with van der Waals surface area (Å²) in [5, 5.41) is 16.5. The first kappa shape index (κ1) is 39.8. The van der Waals surface area contributed by atoms with Crippen LogP contribution >= 0.6 is 0 Å². The van der Waals surface area contributed by atoms with Crippen molar-refractivity contribution in [3.8, 4) is 0 Å². The Morgan fingerprint density at radius 1 is 0.783 bits per heavy atom. The van der Waals surface area contributed by atoms with Crippen molar-refractivity contribution in [2.75, 3.05) is 6.61 Å². The van der Waals surface area contributed by atoms with E-state index in [4.69, 9.17) is 9.16 Å². The lowest BCUT2D eigenvalue weighted by Crippen LogP contribution is -2.66. The number of alkyl carbamates (subject to hydrolysis) is 1. The number of hydrogen-bond donors (Lipinski definition) is 2. The van der Waals surface area contributed by atoms with Crippen LogP contribution in [0.25, 0.3) is 0 Å². The van der Waals surface area contributed by atoms with Gasteiger partial charge in [-0.3, -0.25) is 0 Å². The predicted octanol–water partition coefficient (Wildman–Crippen LogP) is 9.46. The van der Waals surface area contributed by atoms with Gasteiger partial charge in [-0.1, -0.05) is 165 Å². The van der Waals surface area contributed by atoms with Crippen molar-refractivity contribution in [3.63, 3.8) is 0 Å². The molecule has 0 saturated heterocycles. The molecule has 0 aromatic heterocycles. The number of ether oxygens (including phenoxy) is 1. The van der Waals surface area contributed by atoms with Gasteiger partial charge in [0.2, 0.25) is 0 Å². The van der Waals surface area contributed by atoms with Crippen molar-refractivity contribution in [2.45, 2.75) is 155 Å². The Labute approximate surface area is 282 Å². The van der Waals surface area contributed by atoms with Crippen LogP contribution in [-0.4, -0.2) is 43.9 Å². The summed E-state index contributed by atoms with van der Waals surface area (Å²) in [6, 6.07) is 20.5. The Bertz CT molecular complexity index is 1070. The molecule has 2 rings (SSSR count). The molecule has 0 fully saturated rings. The van der Waals surface area contributed by atoms with E-state index < -0.39 is 32.2 Å². The van der Waals surface area contributed by atoms with Crippen molar-refractivity contribution in [2.24, 2.45) is 0 Å². The van der Waals surface area contributed by atoms with E-state index in [0.717, 1.165) is 12.8 Å². The van der Waals surface area contributed by atoms with E-state index >= 15 is 0 Å². The predicted molar refractivity (Wildman–Crippen MR) is 198 cm³/mol. The van der Waals surface area contributed by atoms with E-state index in [1.165, 1.54) is 74.6 Å². The van der Waals surface area contributed by atoms with Gasteiger partial charge in [0.1, 0.15) is 5.60 Å². The summed E-state index contributed by atoms with van der Waals surface area (Å²) in [6.45, 7) is 14.9. The average molecular weight is 652 g/mol. The summed E-state index contributed by atoms with van der Waals surface area (Å²) in [5.74, 6) is 0. The van der Waals surface area contributed by atoms with E-state index in [0.29, 0.717) is 13.0 Å². The zero-order chi connectivity index (χ0) is 33.9. The third-order valence-electron chi connectivity index (χ3n) is 8.59. The highest BCUT2D eigenvalue weighted by Crippen LogP contribution is 2.37. The van der Waals surface area contributed by atoms with Gasteiger partial charge in [-0.2, -0.15) is 0 Å². The van der Waals surface area contributed by atoms with Crippen LogP contribution in [0.5, 0.6) is 0 Å². The van der Waals surface area contributed by atoms with Crippen molar-refractivity contribution in [3.05, 3.63) is 72.8 Å². The number of carbonyl (C=O) groups excluding carboxylic acids is 1. The Morgan fingerprint density at radius 2 is 1.26 bits per heavy atom. The fourth-order valence-electron chi connectivity index (χ4n) is 6.18. The number of aliphatic hydroxyl groups is 1. The fraction of sp³-hybridized carbons (Fsp3) is 0.625. The van der Waals surface area contributed by atoms with E-state index in [-0.39, 0.29) is 5.04 Å². The largest absolute Gasteiger partial charge is 0.444 e. The van der Waals surface area contributed by atoms with Gasteiger partial charge in [0, 0.05) is 6.61 Å². The summed E-state index contributed by atoms with van der Waals surface area (Å²) >= 11 is 0. The zero-order valence-corrected chi connectivity index (χ0v) is 31.2. The number of amides is 1. The maximum absolute atomic E-state index is 12.8. The Morgan fingerprint density at radius 3 is 1.72 bits per heavy atom. The normalized spacial score (nSPS) is 13.9. The third-order valence-corrected chi connectivity index (χ3v) is 13.6. The van der Waals surface area contributed by atoms with Gasteiger partial charge in [-0.25, -0.2) is 4.79 Å². The number of aliphatic hydroxyl groups excluding tert-OH is 1. The minimum atomic E-state index is -2.73. The second-order valence-corrected chi connectivity index (χ2v) is 19.1.